The normalized spacial score (nSPS) is 10.6. The second-order valence-electron chi connectivity index (χ2n) is 4.91. The van der Waals surface area contributed by atoms with E-state index in [1.807, 2.05) is 0 Å². The average molecular weight is 312 g/mol. The Balaban J connectivity index is 1.92. The Morgan fingerprint density at radius 2 is 1.61 bits per heavy atom. The SMILES string of the molecule is CCCCCCCCCCNc1cccc(Br)c1. The molecule has 2 heteroatoms. The minimum atomic E-state index is 1.09. The van der Waals surface area contributed by atoms with E-state index in [-0.39, 0.29) is 0 Å². The Morgan fingerprint density at radius 3 is 2.28 bits per heavy atom. The summed E-state index contributed by atoms with van der Waals surface area (Å²) < 4.78 is 1.14. The zero-order valence-corrected chi connectivity index (χ0v) is 13.1. The lowest BCUT2D eigenvalue weighted by Crippen LogP contribution is -2.01. The summed E-state index contributed by atoms with van der Waals surface area (Å²) in [6.07, 6.45) is 11.0. The van der Waals surface area contributed by atoms with Crippen molar-refractivity contribution in [3.63, 3.8) is 0 Å². The zero-order valence-electron chi connectivity index (χ0n) is 11.6. The van der Waals surface area contributed by atoms with Crippen LogP contribution in [-0.4, -0.2) is 6.54 Å². The maximum Gasteiger partial charge on any atom is 0.0351 e. The molecule has 1 rings (SSSR count). The molecule has 0 aliphatic rings. The number of unbranched alkanes of at least 4 members (excludes halogenated alkanes) is 7. The van der Waals surface area contributed by atoms with E-state index in [0.717, 1.165) is 11.0 Å². The fourth-order valence-corrected chi connectivity index (χ4v) is 2.49. The fraction of sp³-hybridized carbons (Fsp3) is 0.625. The zero-order chi connectivity index (χ0) is 13.1. The van der Waals surface area contributed by atoms with Crippen LogP contribution in [0.3, 0.4) is 0 Å². The lowest BCUT2D eigenvalue weighted by Gasteiger charge is -2.06. The third kappa shape index (κ3) is 7.75. The standard InChI is InChI=1S/C16H26BrN/c1-2-3-4-5-6-7-8-9-13-18-16-12-10-11-15(17)14-16/h10-12,14,18H,2-9,13H2,1H3. The molecular weight excluding hydrogens is 286 g/mol. The molecule has 0 saturated carbocycles. The van der Waals surface area contributed by atoms with Gasteiger partial charge in [-0.2, -0.15) is 0 Å². The number of anilines is 1. The van der Waals surface area contributed by atoms with E-state index in [1.54, 1.807) is 0 Å². The van der Waals surface area contributed by atoms with Crippen molar-refractivity contribution in [3.05, 3.63) is 28.7 Å². The topological polar surface area (TPSA) is 12.0 Å². The van der Waals surface area contributed by atoms with Crippen molar-refractivity contribution in [3.8, 4) is 0 Å². The summed E-state index contributed by atoms with van der Waals surface area (Å²) in [5.74, 6) is 0. The van der Waals surface area contributed by atoms with Gasteiger partial charge in [-0.15, -0.1) is 0 Å². The third-order valence-corrected chi connectivity index (χ3v) is 3.68. The molecule has 0 aliphatic carbocycles. The number of nitrogens with one attached hydrogen (secondary N) is 1. The van der Waals surface area contributed by atoms with Crippen LogP contribution in [0.15, 0.2) is 28.7 Å². The second-order valence-corrected chi connectivity index (χ2v) is 5.83. The summed E-state index contributed by atoms with van der Waals surface area (Å²) in [6.45, 7) is 3.36. The molecule has 0 bridgehead atoms. The Hall–Kier alpha value is -0.500. The van der Waals surface area contributed by atoms with Crippen LogP contribution in [0.5, 0.6) is 0 Å². The van der Waals surface area contributed by atoms with Gasteiger partial charge in [0, 0.05) is 16.7 Å². The quantitative estimate of drug-likeness (QED) is 0.522. The average Bonchev–Trinajstić information content (AvgIpc) is 2.37. The molecule has 1 aromatic carbocycles. The van der Waals surface area contributed by atoms with Gasteiger partial charge in [0.15, 0.2) is 0 Å². The molecule has 102 valence electrons. The Bertz CT molecular complexity index is 312. The number of rotatable bonds is 10. The van der Waals surface area contributed by atoms with Gasteiger partial charge in [-0.1, -0.05) is 73.9 Å². The highest BCUT2D eigenvalue weighted by Crippen LogP contribution is 2.15. The minimum absolute atomic E-state index is 1.09. The molecule has 0 aromatic heterocycles. The van der Waals surface area contributed by atoms with Gasteiger partial charge in [-0.05, 0) is 24.6 Å². The first-order valence-corrected chi connectivity index (χ1v) is 8.11. The molecule has 0 atom stereocenters. The highest BCUT2D eigenvalue weighted by atomic mass is 79.9. The second kappa shape index (κ2) is 10.4. The molecule has 0 fully saturated rings. The maximum atomic E-state index is 3.49. The summed E-state index contributed by atoms with van der Waals surface area (Å²) in [5.41, 5.74) is 1.22. The van der Waals surface area contributed by atoms with Crippen molar-refractivity contribution in [2.24, 2.45) is 0 Å². The highest BCUT2D eigenvalue weighted by Gasteiger charge is 1.94. The molecule has 18 heavy (non-hydrogen) atoms. The van der Waals surface area contributed by atoms with Crippen LogP contribution < -0.4 is 5.32 Å². The molecule has 0 radical (unpaired) electrons. The first-order chi connectivity index (χ1) is 8.83. The van der Waals surface area contributed by atoms with Crippen LogP contribution in [0.1, 0.15) is 58.3 Å². The predicted molar refractivity (Wildman–Crippen MR) is 85.2 cm³/mol. The Kier molecular flexibility index (Phi) is 9.01. The summed E-state index contributed by atoms with van der Waals surface area (Å²) in [6, 6.07) is 8.38. The van der Waals surface area contributed by atoms with Crippen molar-refractivity contribution in [1.29, 1.82) is 0 Å². The lowest BCUT2D eigenvalue weighted by molar-refractivity contribution is 0.581. The molecule has 0 aliphatic heterocycles. The summed E-state index contributed by atoms with van der Waals surface area (Å²) in [5, 5.41) is 3.47. The summed E-state index contributed by atoms with van der Waals surface area (Å²) in [7, 11) is 0. The smallest absolute Gasteiger partial charge is 0.0351 e. The Morgan fingerprint density at radius 1 is 0.944 bits per heavy atom. The molecule has 0 unspecified atom stereocenters. The van der Waals surface area contributed by atoms with Crippen LogP contribution in [-0.2, 0) is 0 Å². The van der Waals surface area contributed by atoms with Gasteiger partial charge in [0.25, 0.3) is 0 Å². The predicted octanol–water partition coefficient (Wildman–Crippen LogP) is 6.00. The van der Waals surface area contributed by atoms with Crippen molar-refractivity contribution >= 4 is 21.6 Å². The van der Waals surface area contributed by atoms with E-state index in [4.69, 9.17) is 0 Å². The number of hydrogen-bond donors (Lipinski definition) is 1. The van der Waals surface area contributed by atoms with E-state index in [2.05, 4.69) is 52.4 Å². The van der Waals surface area contributed by atoms with E-state index in [0.29, 0.717) is 0 Å². The van der Waals surface area contributed by atoms with Gasteiger partial charge in [-0.3, -0.25) is 0 Å². The molecule has 0 spiro atoms. The molecule has 0 amide bonds. The van der Waals surface area contributed by atoms with Crippen LogP contribution in [0, 0.1) is 0 Å². The Labute approximate surface area is 120 Å². The fourth-order valence-electron chi connectivity index (χ4n) is 2.09. The lowest BCUT2D eigenvalue weighted by atomic mass is 10.1. The molecular formula is C16H26BrN. The van der Waals surface area contributed by atoms with E-state index < -0.39 is 0 Å². The third-order valence-electron chi connectivity index (χ3n) is 3.18. The maximum absolute atomic E-state index is 3.49. The largest absolute Gasteiger partial charge is 0.385 e. The molecule has 0 heterocycles. The van der Waals surface area contributed by atoms with Gasteiger partial charge in [0.2, 0.25) is 0 Å². The first kappa shape index (κ1) is 15.6. The van der Waals surface area contributed by atoms with Crippen molar-refractivity contribution in [2.45, 2.75) is 58.3 Å². The molecule has 0 saturated heterocycles. The van der Waals surface area contributed by atoms with Crippen LogP contribution >= 0.6 is 15.9 Å². The van der Waals surface area contributed by atoms with Gasteiger partial charge < -0.3 is 5.32 Å². The van der Waals surface area contributed by atoms with Crippen LogP contribution in [0.2, 0.25) is 0 Å². The van der Waals surface area contributed by atoms with Gasteiger partial charge in [0.1, 0.15) is 0 Å². The van der Waals surface area contributed by atoms with Crippen molar-refractivity contribution < 1.29 is 0 Å². The van der Waals surface area contributed by atoms with Crippen molar-refractivity contribution in [1.82, 2.24) is 0 Å². The molecule has 1 N–H and O–H groups in total. The monoisotopic (exact) mass is 311 g/mol. The van der Waals surface area contributed by atoms with E-state index >= 15 is 0 Å². The number of hydrogen-bond acceptors (Lipinski definition) is 1. The number of halogens is 1. The van der Waals surface area contributed by atoms with Gasteiger partial charge in [0.05, 0.1) is 0 Å². The molecule has 1 nitrogen and oxygen atoms in total. The van der Waals surface area contributed by atoms with Crippen LogP contribution in [0.4, 0.5) is 5.69 Å². The van der Waals surface area contributed by atoms with Crippen molar-refractivity contribution in [2.75, 3.05) is 11.9 Å². The highest BCUT2D eigenvalue weighted by molar-refractivity contribution is 9.10. The van der Waals surface area contributed by atoms with E-state index in [1.165, 1.54) is 57.1 Å². The summed E-state index contributed by atoms with van der Waals surface area (Å²) >= 11 is 3.49. The first-order valence-electron chi connectivity index (χ1n) is 7.32. The minimum Gasteiger partial charge on any atom is -0.385 e. The van der Waals surface area contributed by atoms with Gasteiger partial charge in [-0.25, -0.2) is 0 Å². The molecule has 1 aromatic rings. The number of benzene rings is 1. The van der Waals surface area contributed by atoms with Gasteiger partial charge >= 0.3 is 0 Å². The van der Waals surface area contributed by atoms with E-state index in [9.17, 15) is 0 Å². The summed E-state index contributed by atoms with van der Waals surface area (Å²) in [4.78, 5) is 0. The van der Waals surface area contributed by atoms with Crippen LogP contribution in [0.25, 0.3) is 0 Å².